The molecule has 1 aromatic heterocycles. The number of rotatable bonds is 8. The van der Waals surface area contributed by atoms with Gasteiger partial charge in [-0.2, -0.15) is 4.98 Å². The van der Waals surface area contributed by atoms with E-state index >= 15 is 0 Å². The van der Waals surface area contributed by atoms with E-state index in [4.69, 9.17) is 26.9 Å². The average Bonchev–Trinajstić information content (AvgIpc) is 2.87. The summed E-state index contributed by atoms with van der Waals surface area (Å²) in [6.45, 7) is 0.729. The smallest absolute Gasteiger partial charge is 0.271 e. The molecule has 11 heteroatoms. The summed E-state index contributed by atoms with van der Waals surface area (Å²) in [5.74, 6) is 2.53. The minimum Gasteiger partial charge on any atom is -0.495 e. The van der Waals surface area contributed by atoms with Gasteiger partial charge in [-0.15, -0.1) is 0 Å². The molecule has 36 heavy (non-hydrogen) atoms. The lowest BCUT2D eigenvalue weighted by Crippen LogP contribution is -2.36. The second kappa shape index (κ2) is 11.3. The first-order valence-corrected chi connectivity index (χ1v) is 12.3. The zero-order valence-corrected chi connectivity index (χ0v) is 21.5. The van der Waals surface area contributed by atoms with Crippen LogP contribution in [0.25, 0.3) is 10.9 Å². The van der Waals surface area contributed by atoms with Gasteiger partial charge in [-0.05, 0) is 62.0 Å². The number of methoxy groups -OCH3 is 1. The number of para-hydroxylation sites is 1. The van der Waals surface area contributed by atoms with Gasteiger partial charge in [0.25, 0.3) is 5.69 Å². The third-order valence-electron chi connectivity index (χ3n) is 6.38. The highest BCUT2D eigenvalue weighted by molar-refractivity contribution is 7.80. The van der Waals surface area contributed by atoms with Gasteiger partial charge in [0, 0.05) is 44.2 Å². The third-order valence-corrected chi connectivity index (χ3v) is 6.63. The summed E-state index contributed by atoms with van der Waals surface area (Å²) in [7, 11) is 5.50. The van der Waals surface area contributed by atoms with E-state index < -0.39 is 4.92 Å². The van der Waals surface area contributed by atoms with Crippen LogP contribution in [0.5, 0.6) is 5.75 Å². The molecule has 0 radical (unpaired) electrons. The number of nitro benzene ring substituents is 1. The van der Waals surface area contributed by atoms with Crippen molar-refractivity contribution in [3.63, 3.8) is 0 Å². The Kier molecular flexibility index (Phi) is 7.99. The summed E-state index contributed by atoms with van der Waals surface area (Å²) in [6, 6.07) is 12.7. The zero-order chi connectivity index (χ0) is 25.7. The van der Waals surface area contributed by atoms with Gasteiger partial charge >= 0.3 is 0 Å². The van der Waals surface area contributed by atoms with Crippen molar-refractivity contribution in [2.45, 2.75) is 31.7 Å². The van der Waals surface area contributed by atoms with Crippen LogP contribution < -0.4 is 25.6 Å². The largest absolute Gasteiger partial charge is 0.495 e. The molecule has 0 amide bonds. The molecule has 0 aliphatic heterocycles. The fourth-order valence-corrected chi connectivity index (χ4v) is 4.66. The van der Waals surface area contributed by atoms with E-state index in [1.165, 1.54) is 19.2 Å². The van der Waals surface area contributed by atoms with E-state index in [2.05, 4.69) is 16.0 Å². The molecule has 0 spiro atoms. The fourth-order valence-electron chi connectivity index (χ4n) is 4.47. The number of aromatic nitrogens is 2. The number of hydrogen-bond donors (Lipinski definition) is 3. The average molecular weight is 510 g/mol. The van der Waals surface area contributed by atoms with Crippen molar-refractivity contribution in [1.82, 2.24) is 15.3 Å². The second-order valence-corrected chi connectivity index (χ2v) is 9.53. The lowest BCUT2D eigenvalue weighted by Gasteiger charge is -2.30. The number of fused-ring (bicyclic) bond motifs is 1. The predicted molar refractivity (Wildman–Crippen MR) is 147 cm³/mol. The molecule has 4 rings (SSSR count). The van der Waals surface area contributed by atoms with Crippen LogP contribution in [0.3, 0.4) is 0 Å². The van der Waals surface area contributed by atoms with Crippen LogP contribution in [0.1, 0.15) is 25.7 Å². The highest BCUT2D eigenvalue weighted by Gasteiger charge is 2.23. The molecule has 3 aromatic rings. The Hall–Kier alpha value is -3.73. The summed E-state index contributed by atoms with van der Waals surface area (Å²) < 4.78 is 5.29. The predicted octanol–water partition coefficient (Wildman–Crippen LogP) is 4.57. The summed E-state index contributed by atoms with van der Waals surface area (Å²) in [4.78, 5) is 22.1. The summed E-state index contributed by atoms with van der Waals surface area (Å²) >= 11 is 5.42. The number of nitrogens with zero attached hydrogens (tertiary/aromatic N) is 4. The van der Waals surface area contributed by atoms with Gasteiger partial charge in [-0.3, -0.25) is 10.1 Å². The van der Waals surface area contributed by atoms with Gasteiger partial charge in [0.05, 0.1) is 23.2 Å². The Balaban J connectivity index is 1.29. The van der Waals surface area contributed by atoms with Gasteiger partial charge in [0.1, 0.15) is 11.6 Å². The van der Waals surface area contributed by atoms with Gasteiger partial charge in [-0.1, -0.05) is 12.1 Å². The van der Waals surface area contributed by atoms with Crippen LogP contribution in [-0.2, 0) is 0 Å². The molecule has 1 fully saturated rings. The Morgan fingerprint density at radius 1 is 1.17 bits per heavy atom. The number of nitro groups is 1. The van der Waals surface area contributed by atoms with Crippen molar-refractivity contribution >= 4 is 51.4 Å². The molecule has 10 nitrogen and oxygen atoms in total. The first-order chi connectivity index (χ1) is 17.3. The number of ether oxygens (including phenoxy) is 1. The lowest BCUT2D eigenvalue weighted by atomic mass is 9.86. The van der Waals surface area contributed by atoms with E-state index in [1.807, 2.05) is 43.3 Å². The monoisotopic (exact) mass is 509 g/mol. The molecule has 1 aliphatic rings. The molecule has 1 aliphatic carbocycles. The maximum Gasteiger partial charge on any atom is 0.271 e. The molecule has 1 heterocycles. The molecule has 190 valence electrons. The van der Waals surface area contributed by atoms with Crippen LogP contribution >= 0.6 is 12.2 Å². The van der Waals surface area contributed by atoms with E-state index in [-0.39, 0.29) is 5.69 Å². The van der Waals surface area contributed by atoms with Crippen LogP contribution in [0, 0.1) is 16.0 Å². The quantitative estimate of drug-likeness (QED) is 0.226. The van der Waals surface area contributed by atoms with Gasteiger partial charge in [0.2, 0.25) is 5.95 Å². The maximum absolute atomic E-state index is 11.1. The van der Waals surface area contributed by atoms with Crippen LogP contribution in [0.4, 0.5) is 23.1 Å². The van der Waals surface area contributed by atoms with Crippen molar-refractivity contribution in [1.29, 1.82) is 0 Å². The fraction of sp³-hybridized carbons (Fsp3) is 0.400. The molecule has 2 aromatic carbocycles. The molecule has 0 saturated heterocycles. The van der Waals surface area contributed by atoms with Crippen molar-refractivity contribution < 1.29 is 9.66 Å². The van der Waals surface area contributed by atoms with Crippen LogP contribution in [0.15, 0.2) is 42.5 Å². The number of hydrogen-bond acceptors (Lipinski definition) is 8. The highest BCUT2D eigenvalue weighted by Crippen LogP contribution is 2.30. The van der Waals surface area contributed by atoms with Gasteiger partial charge in [0.15, 0.2) is 5.11 Å². The van der Waals surface area contributed by atoms with Crippen molar-refractivity contribution in [3.05, 3.63) is 52.6 Å². The summed E-state index contributed by atoms with van der Waals surface area (Å²) in [5.41, 5.74) is 1.36. The Bertz CT molecular complexity index is 1250. The number of benzene rings is 2. The SMILES string of the molecule is COc1ccc([N+](=O)[O-])cc1NC(=S)NCC1CCC(Nc2nc(N(C)C)c3ccccc3n2)CC1. The Morgan fingerprint density at radius 2 is 1.92 bits per heavy atom. The Morgan fingerprint density at radius 3 is 2.61 bits per heavy atom. The number of non-ortho nitro benzene ring substituents is 1. The van der Waals surface area contributed by atoms with Crippen molar-refractivity contribution in [2.75, 3.05) is 43.3 Å². The standard InChI is InChI=1S/C25H31N7O3S/c1-31(2)23-19-6-4-5-7-20(19)28-24(30-23)27-17-10-8-16(9-11-17)15-26-25(36)29-21-14-18(32(33)34)12-13-22(21)35-3/h4-7,12-14,16-17H,8-11,15H2,1-3H3,(H2,26,29,36)(H,27,28,30). The van der Waals surface area contributed by atoms with Crippen molar-refractivity contribution in [2.24, 2.45) is 5.92 Å². The first-order valence-electron chi connectivity index (χ1n) is 11.9. The second-order valence-electron chi connectivity index (χ2n) is 9.12. The number of nitrogens with one attached hydrogen (secondary N) is 3. The normalized spacial score (nSPS) is 17.3. The van der Waals surface area contributed by atoms with E-state index in [9.17, 15) is 10.1 Å². The maximum atomic E-state index is 11.1. The molecule has 0 unspecified atom stereocenters. The molecule has 3 N–H and O–H groups in total. The Labute approximate surface area is 215 Å². The van der Waals surface area contributed by atoms with E-state index in [0.717, 1.165) is 48.9 Å². The molecule has 0 bridgehead atoms. The van der Waals surface area contributed by atoms with E-state index in [1.54, 1.807) is 6.07 Å². The van der Waals surface area contributed by atoms with Crippen molar-refractivity contribution in [3.8, 4) is 5.75 Å². The molecule has 1 saturated carbocycles. The summed E-state index contributed by atoms with van der Waals surface area (Å²) in [6.07, 6.45) is 4.11. The minimum absolute atomic E-state index is 0.0278. The van der Waals surface area contributed by atoms with E-state index in [0.29, 0.717) is 34.5 Å². The first kappa shape index (κ1) is 25.4. The van der Waals surface area contributed by atoms with Gasteiger partial charge < -0.3 is 25.6 Å². The highest BCUT2D eigenvalue weighted by atomic mass is 32.1. The third kappa shape index (κ3) is 6.09. The minimum atomic E-state index is -0.447. The summed E-state index contributed by atoms with van der Waals surface area (Å²) in [5, 5.41) is 22.4. The zero-order valence-electron chi connectivity index (χ0n) is 20.7. The number of anilines is 3. The molecule has 0 atom stereocenters. The lowest BCUT2D eigenvalue weighted by molar-refractivity contribution is -0.384. The van der Waals surface area contributed by atoms with Gasteiger partial charge in [-0.25, -0.2) is 4.98 Å². The molecular formula is C25H31N7O3S. The number of thiocarbonyl (C=S) groups is 1. The van der Waals surface area contributed by atoms with Crippen LogP contribution in [-0.4, -0.2) is 53.8 Å². The topological polar surface area (TPSA) is 117 Å². The van der Waals surface area contributed by atoms with Crippen LogP contribution in [0.2, 0.25) is 0 Å². The molecular weight excluding hydrogens is 478 g/mol.